The summed E-state index contributed by atoms with van der Waals surface area (Å²) in [6.07, 6.45) is 14.6. The fourth-order valence-corrected chi connectivity index (χ4v) is 5.33. The molecule has 2 aliphatic carbocycles. The van der Waals surface area contributed by atoms with E-state index in [1.807, 2.05) is 17.9 Å². The van der Waals surface area contributed by atoms with Gasteiger partial charge in [0.05, 0.1) is 23.1 Å². The van der Waals surface area contributed by atoms with Crippen molar-refractivity contribution >= 4 is 29.9 Å². The number of carbonyl (C=O) groups is 2. The normalized spacial score (nSPS) is 19.7. The van der Waals surface area contributed by atoms with Gasteiger partial charge in [-0.1, -0.05) is 24.4 Å². The molecule has 0 radical (unpaired) electrons. The smallest absolute Gasteiger partial charge is 0.407 e. The lowest BCUT2D eigenvalue weighted by molar-refractivity contribution is -0.107. The summed E-state index contributed by atoms with van der Waals surface area (Å²) in [6, 6.07) is 0.228. The van der Waals surface area contributed by atoms with Crippen molar-refractivity contribution in [2.24, 2.45) is 13.0 Å². The third kappa shape index (κ3) is 6.96. The minimum atomic E-state index is -0.844. The zero-order valence-corrected chi connectivity index (χ0v) is 21.8. The Hall–Kier alpha value is -2.68. The summed E-state index contributed by atoms with van der Waals surface area (Å²) in [6.45, 7) is 0.553. The molecule has 2 heterocycles. The summed E-state index contributed by atoms with van der Waals surface area (Å²) in [5.74, 6) is 1.27. The van der Waals surface area contributed by atoms with Crippen LogP contribution in [-0.2, 0) is 18.3 Å². The van der Waals surface area contributed by atoms with E-state index in [1.165, 1.54) is 12.8 Å². The van der Waals surface area contributed by atoms with Gasteiger partial charge in [-0.3, -0.25) is 4.68 Å². The van der Waals surface area contributed by atoms with Crippen molar-refractivity contribution in [1.29, 1.82) is 0 Å². The number of aromatic nitrogens is 4. The molecule has 0 unspecified atom stereocenters. The Kier molecular flexibility index (Phi) is 9.18. The molecule has 2 saturated carbocycles. The number of hydrogen-bond acceptors (Lipinski definition) is 6. The van der Waals surface area contributed by atoms with Crippen molar-refractivity contribution in [1.82, 2.24) is 24.6 Å². The van der Waals surface area contributed by atoms with Crippen LogP contribution in [0, 0.1) is 5.92 Å². The van der Waals surface area contributed by atoms with Gasteiger partial charge >= 0.3 is 6.09 Å². The van der Waals surface area contributed by atoms with Gasteiger partial charge < -0.3 is 20.1 Å². The van der Waals surface area contributed by atoms with Crippen molar-refractivity contribution in [2.45, 2.75) is 89.1 Å². The number of unbranched alkanes of at least 4 members (excludes halogenated alkanes) is 4. The number of rotatable bonds is 13. The predicted octanol–water partition coefficient (Wildman–Crippen LogP) is 5.34. The molecular formula is C26H37ClN6O3. The second-order valence-electron chi connectivity index (χ2n) is 10.2. The Morgan fingerprint density at radius 1 is 1.17 bits per heavy atom. The molecule has 36 heavy (non-hydrogen) atoms. The highest BCUT2D eigenvalue weighted by molar-refractivity contribution is 6.32. The van der Waals surface area contributed by atoms with Gasteiger partial charge in [0.2, 0.25) is 5.95 Å². The van der Waals surface area contributed by atoms with Gasteiger partial charge in [0, 0.05) is 43.4 Å². The van der Waals surface area contributed by atoms with Crippen LogP contribution in [-0.4, -0.2) is 60.8 Å². The topological polar surface area (TPSA) is 113 Å². The molecule has 0 atom stereocenters. The first-order chi connectivity index (χ1) is 17.5. The number of halogens is 1. The number of nitrogens with one attached hydrogen (secondary N) is 1. The van der Waals surface area contributed by atoms with Gasteiger partial charge in [-0.15, -0.1) is 0 Å². The number of aryl methyl sites for hydroxylation is 1. The molecule has 0 saturated heterocycles. The first-order valence-corrected chi connectivity index (χ1v) is 13.6. The van der Waals surface area contributed by atoms with Crippen LogP contribution in [0.1, 0.15) is 76.3 Å². The maximum Gasteiger partial charge on any atom is 0.407 e. The molecule has 2 aliphatic rings. The molecular weight excluding hydrogens is 480 g/mol. The van der Waals surface area contributed by atoms with E-state index in [-0.39, 0.29) is 12.1 Å². The Morgan fingerprint density at radius 2 is 1.92 bits per heavy atom. The summed E-state index contributed by atoms with van der Waals surface area (Å²) >= 11 is 6.50. The molecule has 0 aliphatic heterocycles. The third-order valence-electron chi connectivity index (χ3n) is 7.43. The Bertz CT molecular complexity index is 1030. The quantitative estimate of drug-likeness (QED) is 0.273. The second-order valence-corrected chi connectivity index (χ2v) is 10.6. The standard InChI is InChI=1S/C26H37ClN6O3/c1-32-23(15-18-7-8-18)21(16-29-32)24-22(27)17-28-25(31-24)30-19-9-11-20(12-10-19)33(26(35)36)13-5-3-2-4-6-14-34/h14,16-20H,2-13,15H2,1H3,(H,35,36)(H,28,30,31)/t19-,20-. The summed E-state index contributed by atoms with van der Waals surface area (Å²) in [5, 5.41) is 18.2. The molecule has 9 nitrogen and oxygen atoms in total. The number of carboxylic acid groups (broad SMARTS) is 1. The maximum absolute atomic E-state index is 11.9. The van der Waals surface area contributed by atoms with Crippen molar-refractivity contribution < 1.29 is 14.7 Å². The van der Waals surface area contributed by atoms with E-state index >= 15 is 0 Å². The van der Waals surface area contributed by atoms with Crippen LogP contribution in [0.15, 0.2) is 12.4 Å². The average Bonchev–Trinajstić information content (AvgIpc) is 3.62. The summed E-state index contributed by atoms with van der Waals surface area (Å²) in [7, 11) is 1.96. The number of aldehydes is 1. The van der Waals surface area contributed by atoms with Gasteiger partial charge in [-0.25, -0.2) is 14.8 Å². The molecule has 0 spiro atoms. The van der Waals surface area contributed by atoms with E-state index in [9.17, 15) is 14.7 Å². The first kappa shape index (κ1) is 26.4. The Morgan fingerprint density at radius 3 is 2.61 bits per heavy atom. The van der Waals surface area contributed by atoms with E-state index in [4.69, 9.17) is 16.6 Å². The molecule has 196 valence electrons. The molecule has 4 rings (SSSR count). The monoisotopic (exact) mass is 516 g/mol. The molecule has 1 amide bonds. The second kappa shape index (κ2) is 12.5. The van der Waals surface area contributed by atoms with Crippen molar-refractivity contribution in [3.63, 3.8) is 0 Å². The van der Waals surface area contributed by atoms with Gasteiger partial charge in [-0.2, -0.15) is 5.10 Å². The van der Waals surface area contributed by atoms with Gasteiger partial charge in [-0.05, 0) is 63.7 Å². The molecule has 10 heteroatoms. The lowest BCUT2D eigenvalue weighted by Gasteiger charge is -2.35. The maximum atomic E-state index is 11.9. The van der Waals surface area contributed by atoms with E-state index in [0.29, 0.717) is 29.6 Å². The fraction of sp³-hybridized carbons (Fsp3) is 0.654. The third-order valence-corrected chi connectivity index (χ3v) is 7.70. The Balaban J connectivity index is 1.32. The van der Waals surface area contributed by atoms with Gasteiger partial charge in [0.1, 0.15) is 6.29 Å². The number of anilines is 1. The number of nitrogens with zero attached hydrogens (tertiary/aromatic N) is 5. The largest absolute Gasteiger partial charge is 0.465 e. The molecule has 2 fully saturated rings. The van der Waals surface area contributed by atoms with Crippen LogP contribution in [0.5, 0.6) is 0 Å². The van der Waals surface area contributed by atoms with Gasteiger partial charge in [0.15, 0.2) is 0 Å². The fourth-order valence-electron chi connectivity index (χ4n) is 5.14. The van der Waals surface area contributed by atoms with Crippen molar-refractivity contribution in [2.75, 3.05) is 11.9 Å². The van der Waals surface area contributed by atoms with Gasteiger partial charge in [0.25, 0.3) is 0 Å². The number of hydrogen-bond donors (Lipinski definition) is 2. The van der Waals surface area contributed by atoms with Crippen LogP contribution < -0.4 is 5.32 Å². The number of amides is 1. The van der Waals surface area contributed by atoms with Crippen LogP contribution in [0.3, 0.4) is 0 Å². The van der Waals surface area contributed by atoms with E-state index < -0.39 is 6.09 Å². The van der Waals surface area contributed by atoms with Crippen LogP contribution >= 0.6 is 11.6 Å². The zero-order chi connectivity index (χ0) is 25.5. The molecule has 2 N–H and O–H groups in total. The van der Waals surface area contributed by atoms with E-state index in [1.54, 1.807) is 11.1 Å². The molecule has 2 aromatic heterocycles. The minimum Gasteiger partial charge on any atom is -0.465 e. The average molecular weight is 517 g/mol. The van der Waals surface area contributed by atoms with Crippen molar-refractivity contribution in [3.05, 3.63) is 23.1 Å². The predicted molar refractivity (Wildman–Crippen MR) is 139 cm³/mol. The van der Waals surface area contributed by atoms with Crippen LogP contribution in [0.2, 0.25) is 5.02 Å². The highest BCUT2D eigenvalue weighted by Gasteiger charge is 2.29. The lowest BCUT2D eigenvalue weighted by atomic mass is 9.90. The van der Waals surface area contributed by atoms with E-state index in [2.05, 4.69) is 15.4 Å². The van der Waals surface area contributed by atoms with E-state index in [0.717, 1.165) is 81.2 Å². The summed E-state index contributed by atoms with van der Waals surface area (Å²) in [4.78, 5) is 33.1. The Labute approximate surface area is 217 Å². The first-order valence-electron chi connectivity index (χ1n) is 13.2. The molecule has 0 aromatic carbocycles. The molecule has 2 aromatic rings. The highest BCUT2D eigenvalue weighted by atomic mass is 35.5. The SMILES string of the molecule is Cn1ncc(-c2nc(N[C@H]3CC[C@H](N(CCCCCCC=O)C(=O)O)CC3)ncc2Cl)c1CC1CC1. The zero-order valence-electron chi connectivity index (χ0n) is 21.0. The highest BCUT2D eigenvalue weighted by Crippen LogP contribution is 2.37. The summed E-state index contributed by atoms with van der Waals surface area (Å²) in [5.41, 5.74) is 2.82. The van der Waals surface area contributed by atoms with Crippen LogP contribution in [0.4, 0.5) is 10.7 Å². The summed E-state index contributed by atoms with van der Waals surface area (Å²) < 4.78 is 1.92. The minimum absolute atomic E-state index is 0.0394. The van der Waals surface area contributed by atoms with Crippen molar-refractivity contribution in [3.8, 4) is 11.3 Å². The number of carbonyl (C=O) groups excluding carboxylic acids is 1. The van der Waals surface area contributed by atoms with Crippen LogP contribution in [0.25, 0.3) is 11.3 Å². The lowest BCUT2D eigenvalue weighted by Crippen LogP contribution is -2.44. The molecule has 0 bridgehead atoms.